The van der Waals surface area contributed by atoms with Gasteiger partial charge in [-0.05, 0) is 36.8 Å². The van der Waals surface area contributed by atoms with Gasteiger partial charge in [-0.1, -0.05) is 24.6 Å². The molecule has 1 saturated carbocycles. The average molecular weight is 231 g/mol. The van der Waals surface area contributed by atoms with Crippen LogP contribution in [0.4, 0.5) is 4.79 Å². The number of carbonyl (C=O) groups excluding carboxylic acids is 1. The highest BCUT2D eigenvalue weighted by molar-refractivity contribution is 5.71. The van der Waals surface area contributed by atoms with Crippen molar-refractivity contribution in [3.63, 3.8) is 0 Å². The molecule has 17 heavy (non-hydrogen) atoms. The first-order valence-corrected chi connectivity index (χ1v) is 6.35. The van der Waals surface area contributed by atoms with Gasteiger partial charge in [0.15, 0.2) is 0 Å². The molecule has 1 aliphatic heterocycles. The Kier molecular flexibility index (Phi) is 2.75. The molecule has 2 atom stereocenters. The summed E-state index contributed by atoms with van der Waals surface area (Å²) in [5.74, 6) is 2.08. The minimum absolute atomic E-state index is 0.189. The van der Waals surface area contributed by atoms with Crippen molar-refractivity contribution < 1.29 is 9.53 Å². The van der Waals surface area contributed by atoms with E-state index < -0.39 is 0 Å². The summed E-state index contributed by atoms with van der Waals surface area (Å²) in [4.78, 5) is 13.8. The van der Waals surface area contributed by atoms with Crippen LogP contribution in [0.5, 0.6) is 5.75 Å². The summed E-state index contributed by atoms with van der Waals surface area (Å²) in [5, 5.41) is 0. The molecule has 1 aromatic carbocycles. The molecule has 3 nitrogen and oxygen atoms in total. The maximum absolute atomic E-state index is 11.9. The summed E-state index contributed by atoms with van der Waals surface area (Å²) >= 11 is 0. The molecule has 1 saturated heterocycles. The van der Waals surface area contributed by atoms with Crippen LogP contribution in [0.2, 0.25) is 0 Å². The van der Waals surface area contributed by atoms with Gasteiger partial charge in [0.05, 0.1) is 0 Å². The molecule has 0 bridgehead atoms. The lowest BCUT2D eigenvalue weighted by Crippen LogP contribution is -2.32. The van der Waals surface area contributed by atoms with Gasteiger partial charge in [-0.2, -0.15) is 0 Å². The third-order valence-electron chi connectivity index (χ3n) is 3.93. The van der Waals surface area contributed by atoms with Gasteiger partial charge in [0.2, 0.25) is 0 Å². The van der Waals surface area contributed by atoms with Gasteiger partial charge >= 0.3 is 6.09 Å². The first-order valence-electron chi connectivity index (χ1n) is 6.35. The number of fused-ring (bicyclic) bond motifs is 1. The normalized spacial score (nSPS) is 26.9. The lowest BCUT2D eigenvalue weighted by Gasteiger charge is -2.16. The molecule has 0 spiro atoms. The standard InChI is InChI=1S/C14H17NO2/c16-14(17-13-7-2-1-3-8-13)15-9-11-5-4-6-12(11)10-15/h1-3,7-8,11-12H,4-6,9-10H2. The molecule has 1 amide bonds. The number of hydrogen-bond acceptors (Lipinski definition) is 2. The topological polar surface area (TPSA) is 29.5 Å². The second kappa shape index (κ2) is 4.40. The third-order valence-corrected chi connectivity index (χ3v) is 3.93. The summed E-state index contributed by atoms with van der Waals surface area (Å²) in [6.45, 7) is 1.77. The number of ether oxygens (including phenoxy) is 1. The molecule has 2 unspecified atom stereocenters. The molecule has 1 aliphatic carbocycles. The molecule has 1 heterocycles. The lowest BCUT2D eigenvalue weighted by atomic mass is 10.0. The van der Waals surface area contributed by atoms with Crippen LogP contribution in [0.25, 0.3) is 0 Å². The Hall–Kier alpha value is -1.51. The minimum Gasteiger partial charge on any atom is -0.410 e. The van der Waals surface area contributed by atoms with Crippen LogP contribution in [-0.4, -0.2) is 24.1 Å². The number of likely N-dealkylation sites (tertiary alicyclic amines) is 1. The Labute approximate surface area is 101 Å². The van der Waals surface area contributed by atoms with E-state index in [4.69, 9.17) is 4.74 Å². The number of hydrogen-bond donors (Lipinski definition) is 0. The quantitative estimate of drug-likeness (QED) is 0.743. The second-order valence-electron chi connectivity index (χ2n) is 5.04. The molecule has 2 fully saturated rings. The zero-order valence-electron chi connectivity index (χ0n) is 9.84. The van der Waals surface area contributed by atoms with E-state index in [0.717, 1.165) is 24.9 Å². The van der Waals surface area contributed by atoms with Gasteiger partial charge in [-0.3, -0.25) is 0 Å². The number of nitrogens with zero attached hydrogens (tertiary/aromatic N) is 1. The Morgan fingerprint density at radius 2 is 1.76 bits per heavy atom. The average Bonchev–Trinajstić information content (AvgIpc) is 2.90. The fraction of sp³-hybridized carbons (Fsp3) is 0.500. The van der Waals surface area contributed by atoms with E-state index in [-0.39, 0.29) is 6.09 Å². The van der Waals surface area contributed by atoms with Crippen molar-refractivity contribution in [1.29, 1.82) is 0 Å². The lowest BCUT2D eigenvalue weighted by molar-refractivity contribution is 0.159. The number of amides is 1. The monoisotopic (exact) mass is 231 g/mol. The zero-order chi connectivity index (χ0) is 11.7. The predicted molar refractivity (Wildman–Crippen MR) is 64.9 cm³/mol. The van der Waals surface area contributed by atoms with Crippen molar-refractivity contribution >= 4 is 6.09 Å². The van der Waals surface area contributed by atoms with Crippen molar-refractivity contribution in [2.45, 2.75) is 19.3 Å². The van der Waals surface area contributed by atoms with Gasteiger partial charge in [0, 0.05) is 13.1 Å². The van der Waals surface area contributed by atoms with Crippen LogP contribution < -0.4 is 4.74 Å². The fourth-order valence-electron chi connectivity index (χ4n) is 3.04. The second-order valence-corrected chi connectivity index (χ2v) is 5.04. The van der Waals surface area contributed by atoms with Gasteiger partial charge < -0.3 is 9.64 Å². The maximum atomic E-state index is 11.9. The SMILES string of the molecule is O=C(Oc1ccccc1)N1CC2CCCC2C1. The number of para-hydroxylation sites is 1. The highest BCUT2D eigenvalue weighted by Crippen LogP contribution is 2.37. The number of benzene rings is 1. The highest BCUT2D eigenvalue weighted by Gasteiger charge is 2.38. The Morgan fingerprint density at radius 3 is 2.41 bits per heavy atom. The van der Waals surface area contributed by atoms with Crippen LogP contribution >= 0.6 is 0 Å². The van der Waals surface area contributed by atoms with Gasteiger partial charge in [-0.25, -0.2) is 4.79 Å². The first-order chi connectivity index (χ1) is 8.33. The molecule has 2 aliphatic rings. The number of rotatable bonds is 1. The molecule has 3 rings (SSSR count). The number of carbonyl (C=O) groups is 1. The smallest absolute Gasteiger partial charge is 0.410 e. The van der Waals surface area contributed by atoms with E-state index in [0.29, 0.717) is 5.75 Å². The van der Waals surface area contributed by atoms with Crippen LogP contribution in [0.3, 0.4) is 0 Å². The highest BCUT2D eigenvalue weighted by atomic mass is 16.6. The van der Waals surface area contributed by atoms with E-state index in [1.807, 2.05) is 35.2 Å². The van der Waals surface area contributed by atoms with Gasteiger partial charge in [0.1, 0.15) is 5.75 Å². The molecular weight excluding hydrogens is 214 g/mol. The van der Waals surface area contributed by atoms with Crippen molar-refractivity contribution in [2.24, 2.45) is 11.8 Å². The summed E-state index contributed by atoms with van der Waals surface area (Å²) in [7, 11) is 0. The molecular formula is C14H17NO2. The summed E-state index contributed by atoms with van der Waals surface area (Å²) in [6.07, 6.45) is 3.70. The summed E-state index contributed by atoms with van der Waals surface area (Å²) in [6, 6.07) is 9.30. The Bertz CT molecular complexity index is 392. The minimum atomic E-state index is -0.189. The molecule has 0 aromatic heterocycles. The molecule has 0 radical (unpaired) electrons. The maximum Gasteiger partial charge on any atom is 0.415 e. The molecule has 1 aromatic rings. The van der Waals surface area contributed by atoms with Crippen molar-refractivity contribution in [2.75, 3.05) is 13.1 Å². The third kappa shape index (κ3) is 2.14. The molecule has 90 valence electrons. The zero-order valence-corrected chi connectivity index (χ0v) is 9.84. The Morgan fingerprint density at radius 1 is 1.12 bits per heavy atom. The predicted octanol–water partition coefficient (Wildman–Crippen LogP) is 2.92. The van der Waals surface area contributed by atoms with Crippen LogP contribution in [0.15, 0.2) is 30.3 Å². The van der Waals surface area contributed by atoms with Gasteiger partial charge in [-0.15, -0.1) is 0 Å². The molecule has 3 heteroatoms. The first kappa shape index (κ1) is 10.6. The van der Waals surface area contributed by atoms with E-state index in [9.17, 15) is 4.79 Å². The van der Waals surface area contributed by atoms with Crippen molar-refractivity contribution in [1.82, 2.24) is 4.90 Å². The van der Waals surface area contributed by atoms with Crippen molar-refractivity contribution in [3.05, 3.63) is 30.3 Å². The van der Waals surface area contributed by atoms with Crippen LogP contribution in [0, 0.1) is 11.8 Å². The largest absolute Gasteiger partial charge is 0.415 e. The fourth-order valence-corrected chi connectivity index (χ4v) is 3.04. The van der Waals surface area contributed by atoms with E-state index in [2.05, 4.69) is 0 Å². The van der Waals surface area contributed by atoms with E-state index in [1.165, 1.54) is 19.3 Å². The van der Waals surface area contributed by atoms with Crippen LogP contribution in [-0.2, 0) is 0 Å². The van der Waals surface area contributed by atoms with Crippen molar-refractivity contribution in [3.8, 4) is 5.75 Å². The summed E-state index contributed by atoms with van der Waals surface area (Å²) < 4.78 is 5.35. The molecule has 0 N–H and O–H groups in total. The van der Waals surface area contributed by atoms with Gasteiger partial charge in [0.25, 0.3) is 0 Å². The van der Waals surface area contributed by atoms with Crippen LogP contribution in [0.1, 0.15) is 19.3 Å². The summed E-state index contributed by atoms with van der Waals surface area (Å²) in [5.41, 5.74) is 0. The Balaban J connectivity index is 1.61. The van der Waals surface area contributed by atoms with E-state index in [1.54, 1.807) is 0 Å². The van der Waals surface area contributed by atoms with E-state index >= 15 is 0 Å².